The van der Waals surface area contributed by atoms with E-state index in [9.17, 15) is 13.2 Å². The van der Waals surface area contributed by atoms with E-state index in [1.807, 2.05) is 55.5 Å². The molecule has 4 aromatic rings. The number of aryl methyl sites for hydroxylation is 3. The molecular weight excluding hydrogens is 445 g/mol. The van der Waals surface area contributed by atoms with E-state index in [1.165, 1.54) is 11.6 Å². The van der Waals surface area contributed by atoms with Gasteiger partial charge in [-0.25, -0.2) is 13.2 Å². The van der Waals surface area contributed by atoms with Crippen LogP contribution >= 0.6 is 0 Å². The minimum atomic E-state index is -0.813. The van der Waals surface area contributed by atoms with Crippen LogP contribution in [-0.2, 0) is 19.3 Å². The maximum Gasteiger partial charge on any atom is 0.166 e. The van der Waals surface area contributed by atoms with Crippen molar-refractivity contribution in [3.63, 3.8) is 0 Å². The first-order chi connectivity index (χ1) is 17.0. The number of hydrogen-bond donors (Lipinski definition) is 0. The molecule has 0 radical (unpaired) electrons. The van der Waals surface area contributed by atoms with E-state index < -0.39 is 11.6 Å². The molecule has 0 saturated heterocycles. The molecule has 4 rings (SSSR count). The van der Waals surface area contributed by atoms with Gasteiger partial charge in [-0.05, 0) is 66.1 Å². The zero-order valence-electron chi connectivity index (χ0n) is 20.1. The molecule has 0 heterocycles. The Kier molecular flexibility index (Phi) is 7.91. The first-order valence-corrected chi connectivity index (χ1v) is 12.1. The van der Waals surface area contributed by atoms with Crippen molar-refractivity contribution >= 4 is 0 Å². The molecule has 0 N–H and O–H groups in total. The summed E-state index contributed by atoms with van der Waals surface area (Å²) < 4.78 is 49.5. The third-order valence-electron chi connectivity index (χ3n) is 6.17. The second-order valence-corrected chi connectivity index (χ2v) is 8.62. The molecule has 0 aliphatic rings. The number of rotatable bonds is 9. The summed E-state index contributed by atoms with van der Waals surface area (Å²) in [6.45, 7) is 4.44. The predicted molar refractivity (Wildman–Crippen MR) is 136 cm³/mol. The third-order valence-corrected chi connectivity index (χ3v) is 6.17. The number of ether oxygens (including phenoxy) is 1. The zero-order valence-corrected chi connectivity index (χ0v) is 20.1. The van der Waals surface area contributed by atoms with Crippen LogP contribution in [0.5, 0.6) is 5.75 Å². The third kappa shape index (κ3) is 5.76. The van der Waals surface area contributed by atoms with Crippen LogP contribution in [0.4, 0.5) is 13.2 Å². The second kappa shape index (κ2) is 11.3. The highest BCUT2D eigenvalue weighted by atomic mass is 19.2. The highest BCUT2D eigenvalue weighted by Crippen LogP contribution is 2.29. The fraction of sp³-hybridized carbons (Fsp3) is 0.226. The fourth-order valence-electron chi connectivity index (χ4n) is 4.26. The van der Waals surface area contributed by atoms with Crippen LogP contribution in [0.2, 0.25) is 0 Å². The average Bonchev–Trinajstić information content (AvgIpc) is 2.87. The van der Waals surface area contributed by atoms with Crippen molar-refractivity contribution in [3.8, 4) is 28.0 Å². The first kappa shape index (κ1) is 24.6. The zero-order chi connectivity index (χ0) is 24.8. The highest BCUT2D eigenvalue weighted by molar-refractivity contribution is 5.66. The minimum absolute atomic E-state index is 0.274. The molecule has 35 heavy (non-hydrogen) atoms. The van der Waals surface area contributed by atoms with Crippen molar-refractivity contribution < 1.29 is 17.9 Å². The number of benzene rings is 4. The van der Waals surface area contributed by atoms with Gasteiger partial charge in [-0.3, -0.25) is 0 Å². The Balaban J connectivity index is 1.44. The first-order valence-electron chi connectivity index (χ1n) is 12.1. The van der Waals surface area contributed by atoms with Gasteiger partial charge in [0.05, 0.1) is 6.61 Å². The van der Waals surface area contributed by atoms with Crippen LogP contribution in [-0.4, -0.2) is 6.61 Å². The van der Waals surface area contributed by atoms with Gasteiger partial charge in [-0.1, -0.05) is 74.0 Å². The van der Waals surface area contributed by atoms with Crippen molar-refractivity contribution in [2.24, 2.45) is 0 Å². The van der Waals surface area contributed by atoms with Gasteiger partial charge >= 0.3 is 0 Å². The normalized spacial score (nSPS) is 11.0. The Morgan fingerprint density at radius 2 is 1.20 bits per heavy atom. The average molecular weight is 475 g/mol. The summed E-state index contributed by atoms with van der Waals surface area (Å²) in [6, 6.07) is 23.2. The van der Waals surface area contributed by atoms with Gasteiger partial charge in [0, 0.05) is 17.2 Å². The maximum atomic E-state index is 14.9. The van der Waals surface area contributed by atoms with E-state index in [2.05, 4.69) is 6.92 Å². The Labute approximate surface area is 205 Å². The van der Waals surface area contributed by atoms with Gasteiger partial charge in [0.1, 0.15) is 11.6 Å². The van der Waals surface area contributed by atoms with Crippen LogP contribution in [0.15, 0.2) is 78.9 Å². The van der Waals surface area contributed by atoms with Gasteiger partial charge in [-0.15, -0.1) is 0 Å². The summed E-state index contributed by atoms with van der Waals surface area (Å²) in [5, 5.41) is 0. The molecule has 0 atom stereocenters. The van der Waals surface area contributed by atoms with E-state index in [0.717, 1.165) is 24.0 Å². The molecular formula is C31H29F3O. The molecule has 0 unspecified atom stereocenters. The summed E-state index contributed by atoms with van der Waals surface area (Å²) >= 11 is 0. The Morgan fingerprint density at radius 1 is 0.600 bits per heavy atom. The van der Waals surface area contributed by atoms with Crippen molar-refractivity contribution in [2.45, 2.75) is 39.5 Å². The number of hydrogen-bond acceptors (Lipinski definition) is 1. The van der Waals surface area contributed by atoms with Gasteiger partial charge in [0.25, 0.3) is 0 Å². The van der Waals surface area contributed by atoms with Crippen molar-refractivity contribution in [1.29, 1.82) is 0 Å². The van der Waals surface area contributed by atoms with Crippen molar-refractivity contribution in [3.05, 3.63) is 113 Å². The maximum absolute atomic E-state index is 14.9. The molecule has 0 bridgehead atoms. The van der Waals surface area contributed by atoms with Crippen LogP contribution < -0.4 is 4.74 Å². The van der Waals surface area contributed by atoms with Crippen LogP contribution in [0.3, 0.4) is 0 Å². The van der Waals surface area contributed by atoms with Gasteiger partial charge in [0.15, 0.2) is 11.6 Å². The van der Waals surface area contributed by atoms with E-state index in [1.54, 1.807) is 24.3 Å². The standard InChI is InChI=1S/C31H29F3O/c1-3-5-21-6-13-24(14-7-21)28-18-16-25(30(33)31(28)34)15-10-22-8-11-23(12-9-22)27-19-17-26(35-4-2)20-29(27)32/h6-9,11-14,16-20H,3-5,10,15H2,1-2H3. The molecule has 0 aromatic heterocycles. The van der Waals surface area contributed by atoms with Gasteiger partial charge < -0.3 is 4.74 Å². The molecule has 180 valence electrons. The summed E-state index contributed by atoms with van der Waals surface area (Å²) in [5.74, 6) is -1.46. The molecule has 1 nitrogen and oxygen atoms in total. The van der Waals surface area contributed by atoms with Crippen LogP contribution in [0.25, 0.3) is 22.3 Å². The predicted octanol–water partition coefficient (Wildman–Crippen LogP) is 8.57. The van der Waals surface area contributed by atoms with Crippen LogP contribution in [0, 0.1) is 17.5 Å². The Bertz CT molecular complexity index is 1280. The molecule has 0 aliphatic carbocycles. The topological polar surface area (TPSA) is 9.23 Å². The summed E-state index contributed by atoms with van der Waals surface area (Å²) in [7, 11) is 0. The van der Waals surface area contributed by atoms with E-state index in [4.69, 9.17) is 4.74 Å². The van der Waals surface area contributed by atoms with E-state index >= 15 is 0 Å². The molecule has 0 aliphatic heterocycles. The van der Waals surface area contributed by atoms with E-state index in [0.29, 0.717) is 41.9 Å². The number of halogens is 3. The lowest BCUT2D eigenvalue weighted by molar-refractivity contribution is 0.338. The van der Waals surface area contributed by atoms with Gasteiger partial charge in [0.2, 0.25) is 0 Å². The lowest BCUT2D eigenvalue weighted by Crippen LogP contribution is -2.00. The molecule has 4 aromatic carbocycles. The monoisotopic (exact) mass is 474 g/mol. The smallest absolute Gasteiger partial charge is 0.166 e. The molecule has 0 fully saturated rings. The SMILES string of the molecule is CCCc1ccc(-c2ccc(CCc3ccc(-c4ccc(OCC)cc4F)cc3)c(F)c2F)cc1. The fourth-order valence-corrected chi connectivity index (χ4v) is 4.26. The van der Waals surface area contributed by atoms with Crippen molar-refractivity contribution in [2.75, 3.05) is 6.61 Å². The summed E-state index contributed by atoms with van der Waals surface area (Å²) in [6.07, 6.45) is 2.92. The molecule has 4 heteroatoms. The van der Waals surface area contributed by atoms with E-state index in [-0.39, 0.29) is 11.4 Å². The molecule has 0 saturated carbocycles. The minimum Gasteiger partial charge on any atom is -0.494 e. The molecule has 0 spiro atoms. The largest absolute Gasteiger partial charge is 0.494 e. The van der Waals surface area contributed by atoms with Gasteiger partial charge in [-0.2, -0.15) is 0 Å². The Hall–Kier alpha value is -3.53. The van der Waals surface area contributed by atoms with Crippen molar-refractivity contribution in [1.82, 2.24) is 0 Å². The second-order valence-electron chi connectivity index (χ2n) is 8.62. The Morgan fingerprint density at radius 3 is 1.80 bits per heavy atom. The highest BCUT2D eigenvalue weighted by Gasteiger charge is 2.15. The quantitative estimate of drug-likeness (QED) is 0.236. The summed E-state index contributed by atoms with van der Waals surface area (Å²) in [4.78, 5) is 0. The summed E-state index contributed by atoms with van der Waals surface area (Å²) in [5.41, 5.74) is 4.68. The molecule has 0 amide bonds. The lowest BCUT2D eigenvalue weighted by Gasteiger charge is -2.11. The lowest BCUT2D eigenvalue weighted by atomic mass is 9.97. The van der Waals surface area contributed by atoms with Crippen LogP contribution in [0.1, 0.15) is 37.0 Å².